The number of carbonyl (C=O) groups is 4. The molecule has 4 atom stereocenters. The summed E-state index contributed by atoms with van der Waals surface area (Å²) in [5.41, 5.74) is -5.06. The van der Waals surface area contributed by atoms with Crippen molar-refractivity contribution in [2.75, 3.05) is 26.3 Å². The predicted molar refractivity (Wildman–Crippen MR) is 244 cm³/mol. The molecule has 0 bridgehead atoms. The largest absolute Gasteiger partial charge is 0.435 e. The molecular weight excluding hydrogens is 1060 g/mol. The second-order valence-electron chi connectivity index (χ2n) is 16.5. The summed E-state index contributed by atoms with van der Waals surface area (Å²) < 4.78 is 113. The van der Waals surface area contributed by atoms with Crippen LogP contribution in [0.4, 0.5) is 35.1 Å². The molecule has 4 aromatic rings. The topological polar surface area (TPSA) is 160 Å². The number of oxime groups is 2. The van der Waals surface area contributed by atoms with Crippen LogP contribution in [0, 0.1) is 25.5 Å². The second-order valence-corrected chi connectivity index (χ2v) is 18.2. The summed E-state index contributed by atoms with van der Waals surface area (Å²) in [5.74, 6) is -3.91. The molecule has 2 fully saturated rings. The van der Waals surface area contributed by atoms with Gasteiger partial charge in [0.25, 0.3) is 34.8 Å². The van der Waals surface area contributed by atoms with Gasteiger partial charge in [0.05, 0.1) is 31.5 Å². The van der Waals surface area contributed by atoms with Crippen molar-refractivity contribution in [3.63, 3.8) is 0 Å². The van der Waals surface area contributed by atoms with Gasteiger partial charge in [-0.1, -0.05) is 68.8 Å². The van der Waals surface area contributed by atoms with Crippen LogP contribution in [0.3, 0.4) is 0 Å². The van der Waals surface area contributed by atoms with E-state index in [1.807, 2.05) is 0 Å². The molecule has 2 saturated heterocycles. The first-order valence-electron chi connectivity index (χ1n) is 21.4. The van der Waals surface area contributed by atoms with Gasteiger partial charge < -0.3 is 20.3 Å². The van der Waals surface area contributed by atoms with Crippen molar-refractivity contribution in [1.29, 1.82) is 0 Å². The van der Waals surface area contributed by atoms with Crippen molar-refractivity contribution in [2.45, 2.75) is 76.2 Å². The molecule has 0 spiro atoms. The van der Waals surface area contributed by atoms with Gasteiger partial charge in [0.2, 0.25) is 0 Å². The SMILES string of the molecule is CCN1OC[C@@H](NC(=O)c2ccc(C3=NO[C@@](c4cc(Cl)c(F)c(Cl)c4)(C(F)(F)F)C3)cc2C)C1=O.CCN1OC[C@H](NC(=O)c2ccc(C3=NO[C@](c4cc(Cl)c(F)c(Cl)c4)(C(F)(F)F)C3)cc2C)C1=O. The highest BCUT2D eigenvalue weighted by molar-refractivity contribution is 6.35. The van der Waals surface area contributed by atoms with Crippen LogP contribution in [0.25, 0.3) is 0 Å². The Morgan fingerprint density at radius 2 is 0.958 bits per heavy atom. The van der Waals surface area contributed by atoms with Gasteiger partial charge in [-0.25, -0.2) is 18.9 Å². The van der Waals surface area contributed by atoms with Crippen molar-refractivity contribution < 1.29 is 73.7 Å². The Morgan fingerprint density at radius 1 is 0.625 bits per heavy atom. The van der Waals surface area contributed by atoms with E-state index in [1.54, 1.807) is 27.7 Å². The Bertz CT molecular complexity index is 2690. The van der Waals surface area contributed by atoms with Gasteiger partial charge in [0.15, 0.2) is 11.6 Å². The van der Waals surface area contributed by atoms with Gasteiger partial charge in [0, 0.05) is 48.2 Å². The zero-order chi connectivity index (χ0) is 52.8. The molecule has 2 N–H and O–H groups in total. The Morgan fingerprint density at radius 3 is 1.24 bits per heavy atom. The number of hydrogen-bond donors (Lipinski definition) is 2. The van der Waals surface area contributed by atoms with Crippen LogP contribution in [0.2, 0.25) is 20.1 Å². The number of likely N-dealkylation sites (N-methyl/N-ethyl adjacent to an activating group) is 2. The van der Waals surface area contributed by atoms with Crippen LogP contribution in [-0.4, -0.2) is 95.9 Å². The van der Waals surface area contributed by atoms with Gasteiger partial charge in [-0.15, -0.1) is 0 Å². The lowest BCUT2D eigenvalue weighted by atomic mass is 9.86. The van der Waals surface area contributed by atoms with E-state index in [2.05, 4.69) is 20.9 Å². The summed E-state index contributed by atoms with van der Waals surface area (Å²) in [6.45, 7) is 7.31. The van der Waals surface area contributed by atoms with Gasteiger partial charge in [0.1, 0.15) is 25.3 Å². The van der Waals surface area contributed by atoms with Crippen molar-refractivity contribution in [3.05, 3.63) is 137 Å². The quantitative estimate of drug-likeness (QED) is 0.117. The summed E-state index contributed by atoms with van der Waals surface area (Å²) in [5, 5.41) is 12.5. The average molecular weight is 1100 g/mol. The molecule has 384 valence electrons. The molecule has 4 aliphatic rings. The molecule has 4 heterocycles. The number of alkyl halides is 6. The monoisotopic (exact) mass is 1090 g/mol. The third-order valence-electron chi connectivity index (χ3n) is 11.9. The van der Waals surface area contributed by atoms with E-state index in [0.29, 0.717) is 24.2 Å². The van der Waals surface area contributed by atoms with Gasteiger partial charge in [-0.2, -0.15) is 26.3 Å². The van der Waals surface area contributed by atoms with Crippen molar-refractivity contribution in [2.24, 2.45) is 10.3 Å². The first kappa shape index (κ1) is 54.0. The Kier molecular flexibility index (Phi) is 15.5. The zero-order valence-corrected chi connectivity index (χ0v) is 40.8. The number of nitrogens with one attached hydrogen (secondary N) is 2. The smallest absolute Gasteiger partial charge is 0.374 e. The van der Waals surface area contributed by atoms with Gasteiger partial charge in [-0.3, -0.25) is 28.9 Å². The summed E-state index contributed by atoms with van der Waals surface area (Å²) in [6, 6.07) is 10.2. The maximum absolute atomic E-state index is 14.2. The first-order chi connectivity index (χ1) is 33.7. The van der Waals surface area contributed by atoms with E-state index in [-0.39, 0.29) is 58.7 Å². The molecule has 14 nitrogen and oxygen atoms in total. The number of nitrogens with zero attached hydrogens (tertiary/aromatic N) is 4. The van der Waals surface area contributed by atoms with Crippen LogP contribution in [-0.2, 0) is 40.1 Å². The van der Waals surface area contributed by atoms with Crippen molar-refractivity contribution in [1.82, 2.24) is 20.8 Å². The fourth-order valence-corrected chi connectivity index (χ4v) is 8.98. The Balaban J connectivity index is 0.000000211. The first-order valence-corrected chi connectivity index (χ1v) is 22.9. The van der Waals surface area contributed by atoms with Crippen LogP contribution in [0.15, 0.2) is 71.0 Å². The van der Waals surface area contributed by atoms with Crippen LogP contribution in [0.1, 0.15) is 80.8 Å². The third-order valence-corrected chi connectivity index (χ3v) is 13.0. The Labute approximate surface area is 423 Å². The fraction of sp³-hybridized carbons (Fsp3) is 0.348. The fourth-order valence-electron chi connectivity index (χ4n) is 8.01. The highest BCUT2D eigenvalue weighted by atomic mass is 35.5. The second kappa shape index (κ2) is 20.6. The molecule has 4 aliphatic heterocycles. The Hall–Kier alpha value is -5.78. The molecule has 4 aromatic carbocycles. The zero-order valence-electron chi connectivity index (χ0n) is 37.8. The van der Waals surface area contributed by atoms with Gasteiger partial charge >= 0.3 is 12.4 Å². The predicted octanol–water partition coefficient (Wildman–Crippen LogP) is 9.83. The number of carbonyl (C=O) groups excluding carboxylic acids is 4. The van der Waals surface area contributed by atoms with Gasteiger partial charge in [-0.05, 0) is 98.5 Å². The lowest BCUT2D eigenvalue weighted by molar-refractivity contribution is -0.276. The standard InChI is InChI=1S/2C23H19Cl2F4N3O4/c2*1-3-32-21(34)18(10-35-32)30-20(33)14-5-4-12(6-11(14)2)17-9-22(36-31-17,23(27,28)29)13-7-15(24)19(26)16(25)8-13/h2*4-8,18H,3,9-10H2,1-2H3,(H,30,33)/t2*18-,22+/m10/s1. The lowest BCUT2D eigenvalue weighted by Crippen LogP contribution is -2.43. The van der Waals surface area contributed by atoms with E-state index in [4.69, 9.17) is 65.8 Å². The molecular formula is C46H38Cl4F8N6O8. The molecule has 0 unspecified atom stereocenters. The van der Waals surface area contributed by atoms with E-state index >= 15 is 0 Å². The average Bonchev–Trinajstić information content (AvgIpc) is 4.13. The van der Waals surface area contributed by atoms with Crippen LogP contribution >= 0.6 is 46.4 Å². The minimum Gasteiger partial charge on any atom is -0.374 e. The number of aryl methyl sites for hydroxylation is 2. The molecule has 0 aliphatic carbocycles. The van der Waals surface area contributed by atoms with E-state index in [1.165, 1.54) is 36.4 Å². The van der Waals surface area contributed by atoms with E-state index in [0.717, 1.165) is 34.4 Å². The molecule has 0 radical (unpaired) electrons. The maximum atomic E-state index is 14.2. The number of rotatable bonds is 10. The van der Waals surface area contributed by atoms with E-state index in [9.17, 15) is 54.3 Å². The minimum absolute atomic E-state index is 0.000628. The van der Waals surface area contributed by atoms with Crippen molar-refractivity contribution in [3.8, 4) is 0 Å². The number of halogens is 12. The molecule has 8 rings (SSSR count). The number of hydrogen-bond acceptors (Lipinski definition) is 10. The lowest BCUT2D eigenvalue weighted by Gasteiger charge is -2.29. The number of amides is 4. The maximum Gasteiger partial charge on any atom is 0.435 e. The summed E-state index contributed by atoms with van der Waals surface area (Å²) in [6.07, 6.45) is -11.4. The summed E-state index contributed by atoms with van der Waals surface area (Å²) >= 11 is 22.9. The number of hydroxylamine groups is 4. The number of benzene rings is 4. The third kappa shape index (κ3) is 10.3. The van der Waals surface area contributed by atoms with E-state index < -0.39 is 103 Å². The molecule has 0 aromatic heterocycles. The summed E-state index contributed by atoms with van der Waals surface area (Å²) in [7, 11) is 0. The van der Waals surface area contributed by atoms with Crippen LogP contribution in [0.5, 0.6) is 0 Å². The molecule has 0 saturated carbocycles. The molecule has 26 heteroatoms. The highest BCUT2D eigenvalue weighted by Crippen LogP contribution is 2.51. The molecule has 4 amide bonds. The molecule has 72 heavy (non-hydrogen) atoms. The highest BCUT2D eigenvalue weighted by Gasteiger charge is 2.64. The van der Waals surface area contributed by atoms with Crippen molar-refractivity contribution >= 4 is 81.5 Å². The normalized spacial score (nSPS) is 22.0. The van der Waals surface area contributed by atoms with Crippen LogP contribution < -0.4 is 10.6 Å². The summed E-state index contributed by atoms with van der Waals surface area (Å²) in [4.78, 5) is 70.0. The minimum atomic E-state index is -4.94.